The van der Waals surface area contributed by atoms with Crippen LogP contribution >= 0.6 is 13.5 Å². The SMILES string of the molecule is S.[H-].[H-].[Mg+2].[Se].[Zn]. The van der Waals surface area contributed by atoms with Gasteiger partial charge in [-0.05, 0) is 0 Å². The minimum absolute atomic E-state index is 0. The molecule has 0 amide bonds. The average molecular weight is 205 g/mol. The summed E-state index contributed by atoms with van der Waals surface area (Å²) in [4.78, 5) is 0. The average Bonchev–Trinajstić information content (AvgIpc) is 0. The molecular formula is H4MgSSeZn. The first-order valence-corrected chi connectivity index (χ1v) is 0. The molecule has 4 heteroatoms. The van der Waals surface area contributed by atoms with E-state index in [0.717, 1.165) is 0 Å². The van der Waals surface area contributed by atoms with Gasteiger partial charge in [0.1, 0.15) is 0 Å². The van der Waals surface area contributed by atoms with Gasteiger partial charge in [0.15, 0.2) is 0 Å². The summed E-state index contributed by atoms with van der Waals surface area (Å²) in [6, 6.07) is 0. The maximum atomic E-state index is 0. The predicted molar refractivity (Wildman–Crippen MR) is 24.1 cm³/mol. The van der Waals surface area contributed by atoms with Gasteiger partial charge in [0.2, 0.25) is 0 Å². The van der Waals surface area contributed by atoms with Crippen molar-refractivity contribution in [2.45, 2.75) is 0 Å². The molecule has 0 heterocycles. The molecule has 0 spiro atoms. The van der Waals surface area contributed by atoms with E-state index < -0.39 is 0 Å². The first-order chi connectivity index (χ1) is 0. The third-order valence-corrected chi connectivity index (χ3v) is 0. The van der Waals surface area contributed by atoms with Crippen molar-refractivity contribution in [2.75, 3.05) is 0 Å². The van der Waals surface area contributed by atoms with Gasteiger partial charge >= 0.3 is 23.1 Å². The molecule has 0 aromatic carbocycles. The zero-order valence-electron chi connectivity index (χ0n) is 4.32. The monoisotopic (exact) mass is 204 g/mol. The van der Waals surface area contributed by atoms with Crippen molar-refractivity contribution in [1.82, 2.24) is 0 Å². The molecule has 0 aromatic rings. The molecule has 0 rings (SSSR count). The summed E-state index contributed by atoms with van der Waals surface area (Å²) in [5.41, 5.74) is 0. The molecule has 0 unspecified atom stereocenters. The van der Waals surface area contributed by atoms with Gasteiger partial charge in [0.25, 0.3) is 0 Å². The van der Waals surface area contributed by atoms with Crippen LogP contribution in [0.1, 0.15) is 2.85 Å². The summed E-state index contributed by atoms with van der Waals surface area (Å²) in [6.07, 6.45) is 0. The molecule has 0 atom stereocenters. The molecular weight excluding hydrogens is 201 g/mol. The van der Waals surface area contributed by atoms with E-state index in [4.69, 9.17) is 0 Å². The molecule has 0 nitrogen and oxygen atoms in total. The number of rotatable bonds is 0. The third kappa shape index (κ3) is 8.86. The Morgan fingerprint density at radius 3 is 1.25 bits per heavy atom. The van der Waals surface area contributed by atoms with E-state index in [1.807, 2.05) is 0 Å². The van der Waals surface area contributed by atoms with E-state index in [1.54, 1.807) is 0 Å². The van der Waals surface area contributed by atoms with Crippen LogP contribution in [0.15, 0.2) is 0 Å². The van der Waals surface area contributed by atoms with Crippen LogP contribution in [0.2, 0.25) is 0 Å². The Hall–Kier alpha value is 2.26. The van der Waals surface area contributed by atoms with E-state index in [1.165, 1.54) is 0 Å². The molecule has 20 valence electrons. The van der Waals surface area contributed by atoms with Crippen LogP contribution in [0, 0.1) is 0 Å². The van der Waals surface area contributed by atoms with Gasteiger partial charge in [-0.15, -0.1) is 0 Å². The van der Waals surface area contributed by atoms with Gasteiger partial charge in [0.05, 0.1) is 0 Å². The maximum absolute atomic E-state index is 0. The Labute approximate surface area is 75.3 Å². The quantitative estimate of drug-likeness (QED) is 0.470. The van der Waals surface area contributed by atoms with Crippen molar-refractivity contribution in [2.24, 2.45) is 0 Å². The molecule has 2 radical (unpaired) electrons. The summed E-state index contributed by atoms with van der Waals surface area (Å²) in [7, 11) is 0. The molecule has 0 saturated heterocycles. The van der Waals surface area contributed by atoms with Gasteiger partial charge in [-0.3, -0.25) is 0 Å². The summed E-state index contributed by atoms with van der Waals surface area (Å²) < 4.78 is 0. The fraction of sp³-hybridized carbons (Fsp3) is 0. The van der Waals surface area contributed by atoms with Crippen LogP contribution < -0.4 is 0 Å². The molecule has 0 aliphatic carbocycles. The van der Waals surface area contributed by atoms with E-state index in [0.29, 0.717) is 0 Å². The van der Waals surface area contributed by atoms with Crippen molar-refractivity contribution in [1.29, 1.82) is 0 Å². The minimum Gasteiger partial charge on any atom is -1.00 e. The van der Waals surface area contributed by atoms with Crippen LogP contribution in [-0.4, -0.2) is 40.1 Å². The molecule has 4 heavy (non-hydrogen) atoms. The summed E-state index contributed by atoms with van der Waals surface area (Å²) in [5.74, 6) is 0. The van der Waals surface area contributed by atoms with Crippen LogP contribution in [0.25, 0.3) is 0 Å². The topological polar surface area (TPSA) is 0 Å². The second-order valence-electron chi connectivity index (χ2n) is 0. The first kappa shape index (κ1) is 33.9. The van der Waals surface area contributed by atoms with Crippen molar-refractivity contribution >= 4 is 53.6 Å². The standard InChI is InChI=1S/Mg.H2S.Se.Zn.2H/h;1H2;;;;/q+2;;;;2*-1. The zero-order valence-corrected chi connectivity index (χ0v) is 9.42. The summed E-state index contributed by atoms with van der Waals surface area (Å²) >= 11 is 0. The predicted octanol–water partition coefficient (Wildman–Crippen LogP) is -0.426. The first-order valence-electron chi connectivity index (χ1n) is 0. The normalized spacial score (nSPS) is 0. The Balaban J connectivity index is 0. The zero-order chi connectivity index (χ0) is 0. The largest absolute Gasteiger partial charge is 2.00 e. The molecule has 0 N–H and O–H groups in total. The van der Waals surface area contributed by atoms with Crippen molar-refractivity contribution in [3.63, 3.8) is 0 Å². The van der Waals surface area contributed by atoms with Gasteiger partial charge < -0.3 is 2.85 Å². The van der Waals surface area contributed by atoms with E-state index in [2.05, 4.69) is 0 Å². The smallest absolute Gasteiger partial charge is 1.00 e. The van der Waals surface area contributed by atoms with E-state index in [9.17, 15) is 0 Å². The van der Waals surface area contributed by atoms with Crippen molar-refractivity contribution in [3.8, 4) is 0 Å². The van der Waals surface area contributed by atoms with E-state index in [-0.39, 0.29) is 75.9 Å². The maximum Gasteiger partial charge on any atom is 2.00 e. The molecule has 0 aliphatic rings. The van der Waals surface area contributed by atoms with Crippen LogP contribution in [0.4, 0.5) is 0 Å². The Morgan fingerprint density at radius 1 is 1.25 bits per heavy atom. The van der Waals surface area contributed by atoms with Crippen LogP contribution in [0.5, 0.6) is 0 Å². The minimum atomic E-state index is 0. The van der Waals surface area contributed by atoms with Crippen LogP contribution in [0.3, 0.4) is 0 Å². The Kier molecular flexibility index (Phi) is 159. The fourth-order valence-electron chi connectivity index (χ4n) is 0. The van der Waals surface area contributed by atoms with Gasteiger partial charge in [-0.1, -0.05) is 0 Å². The van der Waals surface area contributed by atoms with Gasteiger partial charge in [-0.25, -0.2) is 0 Å². The number of hydrogen-bond acceptors (Lipinski definition) is 0. The van der Waals surface area contributed by atoms with Gasteiger partial charge in [0, 0.05) is 36.5 Å². The molecule has 0 saturated carbocycles. The molecule has 0 fully saturated rings. The van der Waals surface area contributed by atoms with E-state index >= 15 is 0 Å². The molecule has 0 aromatic heterocycles. The Bertz CT molecular complexity index is 13.5. The second kappa shape index (κ2) is 18.7. The summed E-state index contributed by atoms with van der Waals surface area (Å²) in [6.45, 7) is 0. The van der Waals surface area contributed by atoms with Gasteiger partial charge in [-0.2, -0.15) is 13.5 Å². The molecule has 0 aliphatic heterocycles. The van der Waals surface area contributed by atoms with Crippen molar-refractivity contribution < 1.29 is 22.3 Å². The summed E-state index contributed by atoms with van der Waals surface area (Å²) in [5, 5.41) is 0. The second-order valence-corrected chi connectivity index (χ2v) is 0. The fourth-order valence-corrected chi connectivity index (χ4v) is 0. The van der Waals surface area contributed by atoms with Crippen molar-refractivity contribution in [3.05, 3.63) is 0 Å². The molecule has 0 bridgehead atoms. The van der Waals surface area contributed by atoms with Crippen LogP contribution in [-0.2, 0) is 19.5 Å². The number of hydrogen-bond donors (Lipinski definition) is 0. The third-order valence-electron chi connectivity index (χ3n) is 0. The Morgan fingerprint density at radius 2 is 1.25 bits per heavy atom.